The van der Waals surface area contributed by atoms with Gasteiger partial charge in [0.05, 0.1) is 29.7 Å². The zero-order valence-electron chi connectivity index (χ0n) is 24.7. The first-order chi connectivity index (χ1) is 21.4. The third-order valence-corrected chi connectivity index (χ3v) is 10.8. The number of aromatic nitrogens is 1. The zero-order valence-corrected chi connectivity index (χ0v) is 25.5. The number of amides is 2. The van der Waals surface area contributed by atoms with Crippen molar-refractivity contribution in [3.63, 3.8) is 0 Å². The van der Waals surface area contributed by atoms with E-state index in [2.05, 4.69) is 27.5 Å². The van der Waals surface area contributed by atoms with Gasteiger partial charge in [-0.25, -0.2) is 13.1 Å². The maximum atomic E-state index is 14.0. The Morgan fingerprint density at radius 1 is 0.864 bits per heavy atom. The van der Waals surface area contributed by atoms with Crippen LogP contribution in [0.3, 0.4) is 0 Å². The molecule has 0 spiro atoms. The lowest BCUT2D eigenvalue weighted by atomic mass is 9.81. The minimum Gasteiger partial charge on any atom is -0.378 e. The average Bonchev–Trinajstić information content (AvgIpc) is 3.27. The number of nitrogens with zero attached hydrogens (tertiary/aromatic N) is 2. The molecule has 2 aliphatic heterocycles. The summed E-state index contributed by atoms with van der Waals surface area (Å²) in [6.07, 6.45) is 6.42. The van der Waals surface area contributed by atoms with Crippen molar-refractivity contribution in [3.05, 3.63) is 89.5 Å². The molecule has 228 valence electrons. The summed E-state index contributed by atoms with van der Waals surface area (Å²) >= 11 is 0. The van der Waals surface area contributed by atoms with Crippen LogP contribution in [0.5, 0.6) is 0 Å². The molecule has 1 aliphatic carbocycles. The number of hydrogen-bond acceptors (Lipinski definition) is 5. The van der Waals surface area contributed by atoms with Gasteiger partial charge in [0.2, 0.25) is 5.91 Å². The maximum Gasteiger partial charge on any atom is 0.265 e. The molecule has 4 aromatic rings. The number of ether oxygens (including phenoxy) is 1. The van der Waals surface area contributed by atoms with Gasteiger partial charge in [0.15, 0.2) is 0 Å². The van der Waals surface area contributed by atoms with Crippen LogP contribution in [0, 0.1) is 5.92 Å². The average molecular weight is 612 g/mol. The molecule has 3 aliphatic rings. The van der Waals surface area contributed by atoms with Gasteiger partial charge < -0.3 is 14.2 Å². The molecule has 0 bridgehead atoms. The van der Waals surface area contributed by atoms with E-state index >= 15 is 0 Å². The second kappa shape index (κ2) is 11.9. The van der Waals surface area contributed by atoms with Crippen LogP contribution in [0.4, 0.5) is 0 Å². The number of carbonyl (C=O) groups is 2. The SMILES string of the molecule is O=C(NS(=O)(=O)c1ccccc1)c1ccc2c(C3CCCCC3)c3n(c2c1)CC(C(=O)N1CCOCC1)Cc1ccccc1-3. The van der Waals surface area contributed by atoms with E-state index < -0.39 is 15.9 Å². The summed E-state index contributed by atoms with van der Waals surface area (Å²) in [6.45, 7) is 2.75. The van der Waals surface area contributed by atoms with Gasteiger partial charge in [-0.3, -0.25) is 9.59 Å². The van der Waals surface area contributed by atoms with Crippen LogP contribution in [0.1, 0.15) is 59.5 Å². The lowest BCUT2D eigenvalue weighted by molar-refractivity contribution is -0.140. The predicted molar refractivity (Wildman–Crippen MR) is 169 cm³/mol. The third kappa shape index (κ3) is 5.32. The van der Waals surface area contributed by atoms with Crippen LogP contribution in [0.2, 0.25) is 0 Å². The van der Waals surface area contributed by atoms with E-state index in [9.17, 15) is 18.0 Å². The van der Waals surface area contributed by atoms with Crippen LogP contribution in [-0.4, -0.2) is 56.0 Å². The van der Waals surface area contributed by atoms with Crippen molar-refractivity contribution in [2.24, 2.45) is 5.92 Å². The monoisotopic (exact) mass is 611 g/mol. The molecule has 44 heavy (non-hydrogen) atoms. The van der Waals surface area contributed by atoms with Crippen molar-refractivity contribution in [2.75, 3.05) is 26.3 Å². The molecule has 1 N–H and O–H groups in total. The molecular weight excluding hydrogens is 574 g/mol. The number of morpholine rings is 1. The van der Waals surface area contributed by atoms with E-state index in [0.29, 0.717) is 45.2 Å². The van der Waals surface area contributed by atoms with Gasteiger partial charge in [-0.15, -0.1) is 0 Å². The number of benzene rings is 3. The smallest absolute Gasteiger partial charge is 0.265 e. The summed E-state index contributed by atoms with van der Waals surface area (Å²) < 4.78 is 36.0. The molecular formula is C35H37N3O5S. The number of sulfonamides is 1. The predicted octanol–water partition coefficient (Wildman–Crippen LogP) is 5.51. The van der Waals surface area contributed by atoms with Crippen LogP contribution < -0.4 is 4.72 Å². The fraction of sp³-hybridized carbons (Fsp3) is 0.371. The van der Waals surface area contributed by atoms with Crippen molar-refractivity contribution >= 4 is 32.7 Å². The number of rotatable bonds is 5. The Hall–Kier alpha value is -3.95. The molecule has 2 fully saturated rings. The Balaban J connectivity index is 1.36. The molecule has 2 amide bonds. The first-order valence-corrected chi connectivity index (χ1v) is 17.1. The van der Waals surface area contributed by atoms with Crippen molar-refractivity contribution in [3.8, 4) is 11.3 Å². The van der Waals surface area contributed by atoms with Gasteiger partial charge in [0, 0.05) is 41.7 Å². The molecule has 1 saturated carbocycles. The van der Waals surface area contributed by atoms with E-state index in [1.54, 1.807) is 24.3 Å². The van der Waals surface area contributed by atoms with Gasteiger partial charge >= 0.3 is 0 Å². The molecule has 8 nitrogen and oxygen atoms in total. The molecule has 3 aromatic carbocycles. The van der Waals surface area contributed by atoms with Crippen LogP contribution >= 0.6 is 0 Å². The summed E-state index contributed by atoms with van der Waals surface area (Å²) in [5, 5.41) is 1.07. The minimum absolute atomic E-state index is 0.0339. The number of carbonyl (C=O) groups excluding carboxylic acids is 2. The zero-order chi connectivity index (χ0) is 30.3. The Morgan fingerprint density at radius 2 is 1.59 bits per heavy atom. The van der Waals surface area contributed by atoms with E-state index in [1.165, 1.54) is 37.0 Å². The van der Waals surface area contributed by atoms with Crippen LogP contribution in [0.25, 0.3) is 22.2 Å². The Bertz CT molecular complexity index is 1820. The fourth-order valence-electron chi connectivity index (χ4n) is 7.33. The Labute approximate surface area is 258 Å². The first-order valence-electron chi connectivity index (χ1n) is 15.6. The van der Waals surface area contributed by atoms with Crippen molar-refractivity contribution in [1.29, 1.82) is 0 Å². The lowest BCUT2D eigenvalue weighted by Crippen LogP contribution is -2.45. The van der Waals surface area contributed by atoms with Crippen molar-refractivity contribution in [1.82, 2.24) is 14.2 Å². The largest absolute Gasteiger partial charge is 0.378 e. The third-order valence-electron chi connectivity index (χ3n) is 9.47. The number of hydrogen-bond donors (Lipinski definition) is 1. The molecule has 3 heterocycles. The fourth-order valence-corrected chi connectivity index (χ4v) is 8.32. The second-order valence-corrected chi connectivity index (χ2v) is 13.9. The number of nitrogens with one attached hydrogen (secondary N) is 1. The molecule has 1 atom stereocenters. The summed E-state index contributed by atoms with van der Waals surface area (Å²) in [7, 11) is -4.04. The number of fused-ring (bicyclic) bond motifs is 5. The normalized spacial score (nSPS) is 19.2. The van der Waals surface area contributed by atoms with E-state index in [-0.39, 0.29) is 22.3 Å². The summed E-state index contributed by atoms with van der Waals surface area (Å²) in [4.78, 5) is 29.3. The van der Waals surface area contributed by atoms with E-state index in [0.717, 1.165) is 40.6 Å². The second-order valence-electron chi connectivity index (χ2n) is 12.2. The van der Waals surface area contributed by atoms with Crippen LogP contribution in [-0.2, 0) is 32.5 Å². The van der Waals surface area contributed by atoms with Gasteiger partial charge in [-0.1, -0.05) is 67.8 Å². The van der Waals surface area contributed by atoms with E-state index in [1.807, 2.05) is 23.1 Å². The summed E-state index contributed by atoms with van der Waals surface area (Å²) in [5.41, 5.74) is 5.84. The van der Waals surface area contributed by atoms with Crippen LogP contribution in [0.15, 0.2) is 77.7 Å². The molecule has 9 heteroatoms. The van der Waals surface area contributed by atoms with Gasteiger partial charge in [-0.2, -0.15) is 0 Å². The highest BCUT2D eigenvalue weighted by Crippen LogP contribution is 2.46. The Morgan fingerprint density at radius 3 is 2.36 bits per heavy atom. The molecule has 7 rings (SSSR count). The first kappa shape index (κ1) is 28.8. The Kier molecular flexibility index (Phi) is 7.76. The molecule has 1 unspecified atom stereocenters. The van der Waals surface area contributed by atoms with Crippen molar-refractivity contribution < 1.29 is 22.7 Å². The highest BCUT2D eigenvalue weighted by molar-refractivity contribution is 7.90. The summed E-state index contributed by atoms with van der Waals surface area (Å²) in [5.74, 6) is -0.457. The summed E-state index contributed by atoms with van der Waals surface area (Å²) in [6, 6.07) is 21.8. The van der Waals surface area contributed by atoms with E-state index in [4.69, 9.17) is 4.74 Å². The topological polar surface area (TPSA) is 97.7 Å². The highest BCUT2D eigenvalue weighted by Gasteiger charge is 2.35. The quantitative estimate of drug-likeness (QED) is 0.321. The standard InChI is InChI=1S/C35H37N3O5S/c39-34(36-44(41,42)28-12-5-2-6-13-28)26-15-16-30-31(22-26)38-23-27(35(40)37-17-19-43-20-18-37)21-25-11-7-8-14-29(25)33(38)32(30)24-9-3-1-4-10-24/h2,5-8,11-16,22,24,27H,1,3-4,9-10,17-21,23H2,(H,36,39). The van der Waals surface area contributed by atoms with Crippen molar-refractivity contribution in [2.45, 2.75) is 55.9 Å². The minimum atomic E-state index is -4.04. The maximum absolute atomic E-state index is 14.0. The van der Waals surface area contributed by atoms with Gasteiger partial charge in [-0.05, 0) is 60.6 Å². The van der Waals surface area contributed by atoms with Gasteiger partial charge in [0.1, 0.15) is 0 Å². The lowest BCUT2D eigenvalue weighted by Gasteiger charge is -2.30. The highest BCUT2D eigenvalue weighted by atomic mass is 32.2. The van der Waals surface area contributed by atoms with Gasteiger partial charge in [0.25, 0.3) is 15.9 Å². The molecule has 1 aromatic heterocycles. The molecule has 1 saturated heterocycles. The molecule has 0 radical (unpaired) electrons.